The fraction of sp³-hybridized carbons (Fsp3) is 0.333. The molecule has 6 nitrogen and oxygen atoms in total. The zero-order chi connectivity index (χ0) is 20.2. The van der Waals surface area contributed by atoms with Gasteiger partial charge in [-0.2, -0.15) is 5.10 Å². The Morgan fingerprint density at radius 3 is 2.48 bits per heavy atom. The number of hydrogen-bond donors (Lipinski definition) is 0. The number of rotatable bonds is 6. The number of ether oxygens (including phenoxy) is 1. The molecule has 1 fully saturated rings. The predicted octanol–water partition coefficient (Wildman–Crippen LogP) is 3.84. The lowest BCUT2D eigenvalue weighted by molar-refractivity contribution is 0.0981. The van der Waals surface area contributed by atoms with Crippen LogP contribution in [0.1, 0.15) is 5.56 Å². The summed E-state index contributed by atoms with van der Waals surface area (Å²) in [5.41, 5.74) is 2.25. The summed E-state index contributed by atoms with van der Waals surface area (Å²) in [5, 5.41) is 5.28. The molecule has 152 valence electrons. The van der Waals surface area contributed by atoms with E-state index in [1.807, 2.05) is 45.6 Å². The van der Waals surface area contributed by atoms with Gasteiger partial charge in [-0.15, -0.1) is 0 Å². The predicted molar refractivity (Wildman–Crippen MR) is 117 cm³/mol. The summed E-state index contributed by atoms with van der Waals surface area (Å²) in [6.07, 6.45) is 1.77. The van der Waals surface area contributed by atoms with Crippen LogP contribution in [0.15, 0.2) is 54.9 Å². The van der Waals surface area contributed by atoms with Crippen molar-refractivity contribution < 1.29 is 4.74 Å². The topological polar surface area (TPSA) is 38.5 Å². The molecule has 0 spiro atoms. The van der Waals surface area contributed by atoms with Crippen LogP contribution in [0.3, 0.4) is 0 Å². The van der Waals surface area contributed by atoms with Crippen LogP contribution >= 0.6 is 23.8 Å². The molecule has 0 atom stereocenters. The molecular formula is C21H24ClN5OS. The first-order chi connectivity index (χ1) is 14.1. The molecule has 0 amide bonds. The van der Waals surface area contributed by atoms with Crippen molar-refractivity contribution in [3.63, 3.8) is 0 Å². The summed E-state index contributed by atoms with van der Waals surface area (Å²) >= 11 is 11.6. The highest BCUT2D eigenvalue weighted by Gasteiger charge is 2.18. The molecule has 8 heteroatoms. The standard InChI is InChI=1S/C21H24ClN5OS/c1-28-20-4-2-3-19(13-20)26-15-23-27(21(26)29)16-25-11-9-24(10-12-25)14-17-5-7-18(22)8-6-17/h2-8,13,15H,9-12,14,16H2,1H3. The van der Waals surface area contributed by atoms with Crippen LogP contribution in [-0.2, 0) is 13.2 Å². The summed E-state index contributed by atoms with van der Waals surface area (Å²) in [5.74, 6) is 0.800. The van der Waals surface area contributed by atoms with Gasteiger partial charge in [0.15, 0.2) is 0 Å². The lowest BCUT2D eigenvalue weighted by Gasteiger charge is -2.34. The van der Waals surface area contributed by atoms with E-state index in [-0.39, 0.29) is 0 Å². The Balaban J connectivity index is 1.35. The molecule has 2 heterocycles. The highest BCUT2D eigenvalue weighted by molar-refractivity contribution is 7.71. The third-order valence-electron chi connectivity index (χ3n) is 5.18. The van der Waals surface area contributed by atoms with Crippen LogP contribution in [0.5, 0.6) is 5.75 Å². The molecule has 0 aliphatic carbocycles. The maximum absolute atomic E-state index is 5.97. The van der Waals surface area contributed by atoms with Gasteiger partial charge in [-0.25, -0.2) is 4.68 Å². The Morgan fingerprint density at radius 1 is 1.03 bits per heavy atom. The minimum Gasteiger partial charge on any atom is -0.497 e. The second-order valence-corrected chi connectivity index (χ2v) is 7.95. The van der Waals surface area contributed by atoms with E-state index in [0.717, 1.165) is 49.2 Å². The Morgan fingerprint density at radius 2 is 1.76 bits per heavy atom. The average Bonchev–Trinajstić information content (AvgIpc) is 3.11. The van der Waals surface area contributed by atoms with Gasteiger partial charge in [0.1, 0.15) is 12.1 Å². The van der Waals surface area contributed by atoms with Gasteiger partial charge in [0.25, 0.3) is 0 Å². The van der Waals surface area contributed by atoms with E-state index in [1.54, 1.807) is 13.4 Å². The molecule has 0 saturated carbocycles. The molecule has 29 heavy (non-hydrogen) atoms. The number of aromatic nitrogens is 3. The first-order valence-electron chi connectivity index (χ1n) is 9.60. The maximum atomic E-state index is 5.97. The number of nitrogens with zero attached hydrogens (tertiary/aromatic N) is 5. The van der Waals surface area contributed by atoms with E-state index >= 15 is 0 Å². The summed E-state index contributed by atoms with van der Waals surface area (Å²) in [4.78, 5) is 4.85. The van der Waals surface area contributed by atoms with Crippen molar-refractivity contribution in [1.29, 1.82) is 0 Å². The van der Waals surface area contributed by atoms with Gasteiger partial charge in [0, 0.05) is 43.8 Å². The molecule has 0 N–H and O–H groups in total. The van der Waals surface area contributed by atoms with Gasteiger partial charge in [-0.05, 0) is 42.0 Å². The van der Waals surface area contributed by atoms with Crippen molar-refractivity contribution in [3.8, 4) is 11.4 Å². The van der Waals surface area contributed by atoms with Crippen molar-refractivity contribution in [2.45, 2.75) is 13.2 Å². The number of benzene rings is 2. The average molecular weight is 430 g/mol. The van der Waals surface area contributed by atoms with Crippen molar-refractivity contribution >= 4 is 23.8 Å². The summed E-state index contributed by atoms with van der Waals surface area (Å²) in [6.45, 7) is 5.67. The van der Waals surface area contributed by atoms with E-state index < -0.39 is 0 Å². The van der Waals surface area contributed by atoms with Crippen molar-refractivity contribution in [3.05, 3.63) is 70.2 Å². The lowest BCUT2D eigenvalue weighted by atomic mass is 10.2. The number of halogens is 1. The normalized spacial score (nSPS) is 15.5. The highest BCUT2D eigenvalue weighted by Crippen LogP contribution is 2.17. The first kappa shape index (κ1) is 20.1. The zero-order valence-corrected chi connectivity index (χ0v) is 17.9. The van der Waals surface area contributed by atoms with Crippen molar-refractivity contribution in [2.24, 2.45) is 0 Å². The molecule has 1 aliphatic heterocycles. The van der Waals surface area contributed by atoms with Gasteiger partial charge >= 0.3 is 0 Å². The molecule has 1 aliphatic rings. The van der Waals surface area contributed by atoms with Crippen LogP contribution < -0.4 is 4.74 Å². The van der Waals surface area contributed by atoms with E-state index in [9.17, 15) is 0 Å². The highest BCUT2D eigenvalue weighted by atomic mass is 35.5. The molecule has 0 unspecified atom stereocenters. The lowest BCUT2D eigenvalue weighted by Crippen LogP contribution is -2.46. The third kappa shape index (κ3) is 4.87. The van der Waals surface area contributed by atoms with Crippen LogP contribution in [-0.4, -0.2) is 57.4 Å². The van der Waals surface area contributed by atoms with Crippen molar-refractivity contribution in [2.75, 3.05) is 33.3 Å². The molecule has 1 saturated heterocycles. The molecule has 0 radical (unpaired) electrons. The van der Waals surface area contributed by atoms with Crippen LogP contribution in [0.4, 0.5) is 0 Å². The van der Waals surface area contributed by atoms with E-state index in [2.05, 4.69) is 27.0 Å². The quantitative estimate of drug-likeness (QED) is 0.556. The molecule has 1 aromatic heterocycles. The van der Waals surface area contributed by atoms with E-state index in [0.29, 0.717) is 11.4 Å². The monoisotopic (exact) mass is 429 g/mol. The summed E-state index contributed by atoms with van der Waals surface area (Å²) < 4.78 is 9.78. The minimum atomic E-state index is 0.682. The fourth-order valence-electron chi connectivity index (χ4n) is 3.50. The molecule has 4 rings (SSSR count). The molecule has 0 bridgehead atoms. The van der Waals surface area contributed by atoms with Gasteiger partial charge in [0.05, 0.1) is 19.5 Å². The SMILES string of the molecule is COc1cccc(-n2cnn(CN3CCN(Cc4ccc(Cl)cc4)CC3)c2=S)c1. The Bertz CT molecular complexity index is 1010. The zero-order valence-electron chi connectivity index (χ0n) is 16.4. The van der Waals surface area contributed by atoms with Gasteiger partial charge in [-0.3, -0.25) is 14.4 Å². The largest absolute Gasteiger partial charge is 0.497 e. The summed E-state index contributed by atoms with van der Waals surface area (Å²) in [6, 6.07) is 15.9. The van der Waals surface area contributed by atoms with Gasteiger partial charge in [0.2, 0.25) is 4.77 Å². The molecule has 3 aromatic rings. The third-order valence-corrected chi connectivity index (χ3v) is 5.84. The van der Waals surface area contributed by atoms with Gasteiger partial charge < -0.3 is 4.74 Å². The molecule has 2 aromatic carbocycles. The Hall–Kier alpha value is -2.19. The van der Waals surface area contributed by atoms with Crippen molar-refractivity contribution in [1.82, 2.24) is 24.1 Å². The maximum Gasteiger partial charge on any atom is 0.203 e. The Labute approximate surface area is 180 Å². The number of piperazine rings is 1. The fourth-order valence-corrected chi connectivity index (χ4v) is 3.88. The summed E-state index contributed by atoms with van der Waals surface area (Å²) in [7, 11) is 1.66. The van der Waals surface area contributed by atoms with Gasteiger partial charge in [-0.1, -0.05) is 29.8 Å². The van der Waals surface area contributed by atoms with Crippen LogP contribution in [0.2, 0.25) is 5.02 Å². The number of methoxy groups -OCH3 is 1. The van der Waals surface area contributed by atoms with Crippen LogP contribution in [0.25, 0.3) is 5.69 Å². The minimum absolute atomic E-state index is 0.682. The van der Waals surface area contributed by atoms with E-state index in [4.69, 9.17) is 28.6 Å². The van der Waals surface area contributed by atoms with Crippen LogP contribution in [0, 0.1) is 4.77 Å². The number of hydrogen-bond acceptors (Lipinski definition) is 5. The second kappa shape index (κ2) is 9.09. The smallest absolute Gasteiger partial charge is 0.203 e. The Kier molecular flexibility index (Phi) is 6.30. The first-order valence-corrected chi connectivity index (χ1v) is 10.4. The van der Waals surface area contributed by atoms with E-state index in [1.165, 1.54) is 5.56 Å². The second-order valence-electron chi connectivity index (χ2n) is 7.15. The molecular weight excluding hydrogens is 406 g/mol.